The molecular weight excluding hydrogens is 316 g/mol. The number of hydrogen-bond acceptors (Lipinski definition) is 2. The fourth-order valence-corrected chi connectivity index (χ4v) is 3.08. The molecule has 1 amide bonds. The topological polar surface area (TPSA) is 55.1 Å². The van der Waals surface area contributed by atoms with E-state index < -0.39 is 0 Å². The third-order valence-corrected chi connectivity index (χ3v) is 4.62. The average Bonchev–Trinajstić information content (AvgIpc) is 2.38. The predicted octanol–water partition coefficient (Wildman–Crippen LogP) is 3.32. The molecular formula is C16H23BrN2O. The van der Waals surface area contributed by atoms with Crippen LogP contribution in [0.1, 0.15) is 45.1 Å². The molecule has 2 rings (SSSR count). The standard InChI is InChI=1S/C16H23BrN2O/c1-16(2,12-6-8-13(17)9-7-12)19-15(20)11-4-3-5-14(18)10-11/h6-9,11,14H,3-5,10,18H2,1-2H3,(H,19,20). The number of carbonyl (C=O) groups is 1. The Bertz CT molecular complexity index is 470. The number of carbonyl (C=O) groups excluding carboxylic acids is 1. The molecule has 2 unspecified atom stereocenters. The first-order chi connectivity index (χ1) is 9.38. The van der Waals surface area contributed by atoms with Gasteiger partial charge >= 0.3 is 0 Å². The molecule has 1 fully saturated rings. The molecule has 1 aliphatic rings. The van der Waals surface area contributed by atoms with Crippen LogP contribution >= 0.6 is 15.9 Å². The zero-order valence-corrected chi connectivity index (χ0v) is 13.7. The fraction of sp³-hybridized carbons (Fsp3) is 0.562. The summed E-state index contributed by atoms with van der Waals surface area (Å²) < 4.78 is 1.04. The van der Waals surface area contributed by atoms with Crippen LogP contribution in [-0.4, -0.2) is 11.9 Å². The van der Waals surface area contributed by atoms with Crippen LogP contribution in [0.25, 0.3) is 0 Å². The summed E-state index contributed by atoms with van der Waals surface area (Å²) in [5.74, 6) is 0.196. The van der Waals surface area contributed by atoms with Crippen molar-refractivity contribution in [3.63, 3.8) is 0 Å². The molecule has 4 heteroatoms. The average molecular weight is 339 g/mol. The molecule has 0 aliphatic heterocycles. The predicted molar refractivity (Wildman–Crippen MR) is 85.2 cm³/mol. The maximum Gasteiger partial charge on any atom is 0.223 e. The van der Waals surface area contributed by atoms with E-state index in [1.807, 2.05) is 38.1 Å². The van der Waals surface area contributed by atoms with Gasteiger partial charge in [-0.25, -0.2) is 0 Å². The van der Waals surface area contributed by atoms with Crippen LogP contribution in [0.4, 0.5) is 0 Å². The molecule has 1 saturated carbocycles. The molecule has 3 N–H and O–H groups in total. The molecule has 0 bridgehead atoms. The highest BCUT2D eigenvalue weighted by Gasteiger charge is 2.30. The molecule has 110 valence electrons. The lowest BCUT2D eigenvalue weighted by molar-refractivity contribution is -0.127. The minimum atomic E-state index is -0.362. The smallest absolute Gasteiger partial charge is 0.223 e. The molecule has 2 atom stereocenters. The molecule has 3 nitrogen and oxygen atoms in total. The molecule has 0 radical (unpaired) electrons. The largest absolute Gasteiger partial charge is 0.347 e. The minimum absolute atomic E-state index is 0.0634. The van der Waals surface area contributed by atoms with Gasteiger partial charge in [-0.05, 0) is 50.8 Å². The summed E-state index contributed by atoms with van der Waals surface area (Å²) >= 11 is 3.43. The van der Waals surface area contributed by atoms with Gasteiger partial charge in [-0.3, -0.25) is 4.79 Å². The lowest BCUT2D eigenvalue weighted by Gasteiger charge is -2.32. The van der Waals surface area contributed by atoms with Crippen molar-refractivity contribution in [3.05, 3.63) is 34.3 Å². The molecule has 0 spiro atoms. The second-order valence-corrected chi connectivity index (χ2v) is 7.16. The van der Waals surface area contributed by atoms with Crippen molar-refractivity contribution in [2.75, 3.05) is 0 Å². The highest BCUT2D eigenvalue weighted by molar-refractivity contribution is 9.10. The molecule has 20 heavy (non-hydrogen) atoms. The third-order valence-electron chi connectivity index (χ3n) is 4.09. The van der Waals surface area contributed by atoms with Crippen LogP contribution < -0.4 is 11.1 Å². The second-order valence-electron chi connectivity index (χ2n) is 6.24. The summed E-state index contributed by atoms with van der Waals surface area (Å²) in [5, 5.41) is 3.17. The van der Waals surface area contributed by atoms with Crippen molar-refractivity contribution >= 4 is 21.8 Å². The Hall–Kier alpha value is -0.870. The number of hydrogen-bond donors (Lipinski definition) is 2. The number of rotatable bonds is 3. The molecule has 1 aliphatic carbocycles. The van der Waals surface area contributed by atoms with Gasteiger partial charge in [0.2, 0.25) is 5.91 Å². The Kier molecular flexibility index (Phi) is 4.86. The van der Waals surface area contributed by atoms with Gasteiger partial charge in [0.15, 0.2) is 0 Å². The number of benzene rings is 1. The molecule has 0 heterocycles. The van der Waals surface area contributed by atoms with Gasteiger partial charge in [0.25, 0.3) is 0 Å². The van der Waals surface area contributed by atoms with Crippen molar-refractivity contribution in [2.24, 2.45) is 11.7 Å². The van der Waals surface area contributed by atoms with E-state index >= 15 is 0 Å². The van der Waals surface area contributed by atoms with Crippen LogP contribution in [0.15, 0.2) is 28.7 Å². The summed E-state index contributed by atoms with van der Waals surface area (Å²) in [4.78, 5) is 12.4. The molecule has 1 aromatic carbocycles. The summed E-state index contributed by atoms with van der Waals surface area (Å²) in [6.07, 6.45) is 3.86. The van der Waals surface area contributed by atoms with E-state index in [4.69, 9.17) is 5.73 Å². The molecule has 1 aromatic rings. The summed E-state index contributed by atoms with van der Waals surface area (Å²) in [5.41, 5.74) is 6.71. The van der Waals surface area contributed by atoms with Crippen molar-refractivity contribution in [1.29, 1.82) is 0 Å². The first-order valence-electron chi connectivity index (χ1n) is 7.22. The lowest BCUT2D eigenvalue weighted by atomic mass is 9.84. The highest BCUT2D eigenvalue weighted by atomic mass is 79.9. The second kappa shape index (κ2) is 6.27. The highest BCUT2D eigenvalue weighted by Crippen LogP contribution is 2.26. The first-order valence-corrected chi connectivity index (χ1v) is 8.01. The Labute approximate surface area is 129 Å². The van der Waals surface area contributed by atoms with Gasteiger partial charge in [-0.2, -0.15) is 0 Å². The summed E-state index contributed by atoms with van der Waals surface area (Å²) in [7, 11) is 0. The fourth-order valence-electron chi connectivity index (χ4n) is 2.81. The number of nitrogens with two attached hydrogens (primary N) is 1. The number of nitrogens with one attached hydrogen (secondary N) is 1. The van der Waals surface area contributed by atoms with Gasteiger partial charge < -0.3 is 11.1 Å². The Morgan fingerprint density at radius 1 is 1.30 bits per heavy atom. The van der Waals surface area contributed by atoms with E-state index in [0.29, 0.717) is 0 Å². The SMILES string of the molecule is CC(C)(NC(=O)C1CCCC(N)C1)c1ccc(Br)cc1. The van der Waals surface area contributed by atoms with Crippen molar-refractivity contribution in [1.82, 2.24) is 5.32 Å². The van der Waals surface area contributed by atoms with E-state index in [0.717, 1.165) is 35.7 Å². The van der Waals surface area contributed by atoms with Crippen LogP contribution in [0.2, 0.25) is 0 Å². The minimum Gasteiger partial charge on any atom is -0.347 e. The third kappa shape index (κ3) is 3.83. The normalized spacial score (nSPS) is 23.4. The van der Waals surface area contributed by atoms with Crippen molar-refractivity contribution < 1.29 is 4.79 Å². The quantitative estimate of drug-likeness (QED) is 0.888. The van der Waals surface area contributed by atoms with Gasteiger partial charge in [0.05, 0.1) is 5.54 Å². The molecule has 0 aromatic heterocycles. The van der Waals surface area contributed by atoms with Crippen LogP contribution in [0.5, 0.6) is 0 Å². The van der Waals surface area contributed by atoms with Gasteiger partial charge in [-0.1, -0.05) is 34.5 Å². The Morgan fingerprint density at radius 3 is 2.55 bits per heavy atom. The molecule has 0 saturated heterocycles. The number of halogens is 1. The number of amides is 1. The first kappa shape index (κ1) is 15.5. The van der Waals surface area contributed by atoms with E-state index in [2.05, 4.69) is 21.2 Å². The van der Waals surface area contributed by atoms with Gasteiger partial charge in [0, 0.05) is 16.4 Å². The van der Waals surface area contributed by atoms with E-state index in [1.165, 1.54) is 0 Å². The zero-order chi connectivity index (χ0) is 14.8. The van der Waals surface area contributed by atoms with Gasteiger partial charge in [-0.15, -0.1) is 0 Å². The Balaban J connectivity index is 2.03. The summed E-state index contributed by atoms with van der Waals surface area (Å²) in [6, 6.07) is 8.25. The Morgan fingerprint density at radius 2 is 1.95 bits per heavy atom. The van der Waals surface area contributed by atoms with E-state index in [1.54, 1.807) is 0 Å². The van der Waals surface area contributed by atoms with E-state index in [9.17, 15) is 4.79 Å². The van der Waals surface area contributed by atoms with E-state index in [-0.39, 0.29) is 23.4 Å². The van der Waals surface area contributed by atoms with Crippen molar-refractivity contribution in [3.8, 4) is 0 Å². The maximum absolute atomic E-state index is 12.4. The lowest BCUT2D eigenvalue weighted by Crippen LogP contribution is -2.46. The summed E-state index contributed by atoms with van der Waals surface area (Å²) in [6.45, 7) is 4.08. The monoisotopic (exact) mass is 338 g/mol. The van der Waals surface area contributed by atoms with Crippen molar-refractivity contribution in [2.45, 2.75) is 51.1 Å². The van der Waals surface area contributed by atoms with Gasteiger partial charge in [0.1, 0.15) is 0 Å². The zero-order valence-electron chi connectivity index (χ0n) is 12.2. The van der Waals surface area contributed by atoms with Crippen LogP contribution in [-0.2, 0) is 10.3 Å². The van der Waals surface area contributed by atoms with Crippen LogP contribution in [0.3, 0.4) is 0 Å². The van der Waals surface area contributed by atoms with Crippen LogP contribution in [0, 0.1) is 5.92 Å². The maximum atomic E-state index is 12.4.